The molecule has 2 rings (SSSR count). The molecule has 2 amide bonds. The summed E-state index contributed by atoms with van der Waals surface area (Å²) in [6.45, 7) is 1.87. The monoisotopic (exact) mass is 308 g/mol. The number of carbonyl (C=O) groups excluding carboxylic acids is 1. The zero-order valence-electron chi connectivity index (χ0n) is 12.6. The van der Waals surface area contributed by atoms with Gasteiger partial charge in [0.25, 0.3) is 0 Å². The lowest BCUT2D eigenvalue weighted by molar-refractivity contribution is -0.142. The first-order chi connectivity index (χ1) is 10.5. The second kappa shape index (κ2) is 7.24. The van der Waals surface area contributed by atoms with E-state index in [1.165, 1.54) is 6.07 Å². The molecule has 1 aromatic carbocycles. The molecule has 3 N–H and O–H groups in total. The summed E-state index contributed by atoms with van der Waals surface area (Å²) in [7, 11) is 0. The number of rotatable bonds is 4. The fraction of sp³-hybridized carbons (Fsp3) is 0.500. The number of carboxylic acids is 1. The molecule has 1 aliphatic rings. The Morgan fingerprint density at radius 1 is 1.27 bits per heavy atom. The minimum Gasteiger partial charge on any atom is -0.481 e. The number of benzene rings is 1. The summed E-state index contributed by atoms with van der Waals surface area (Å²) >= 11 is 0. The molecule has 1 aliphatic carbocycles. The quantitative estimate of drug-likeness (QED) is 0.799. The van der Waals surface area contributed by atoms with E-state index in [1.54, 1.807) is 12.1 Å². The summed E-state index contributed by atoms with van der Waals surface area (Å²) in [4.78, 5) is 22.8. The molecule has 120 valence electrons. The molecule has 22 heavy (non-hydrogen) atoms. The Balaban J connectivity index is 1.83. The third-order valence-electron chi connectivity index (χ3n) is 4.10. The van der Waals surface area contributed by atoms with Gasteiger partial charge in [0.2, 0.25) is 0 Å². The summed E-state index contributed by atoms with van der Waals surface area (Å²) in [5, 5.41) is 14.4. The molecule has 0 spiro atoms. The summed E-state index contributed by atoms with van der Waals surface area (Å²) in [5.74, 6) is -1.41. The van der Waals surface area contributed by atoms with Crippen LogP contribution in [0.1, 0.15) is 38.2 Å². The standard InChI is InChI=1S/C16H21FN2O3/c1-2-10-3-8-13(9-14(10)17)19-16(22)18-12-6-4-11(5-7-12)15(20)21/h3,8-9,11-12H,2,4-7H2,1H3,(H,20,21)(H2,18,19,22). The zero-order valence-corrected chi connectivity index (χ0v) is 12.6. The minimum absolute atomic E-state index is 0.0321. The van der Waals surface area contributed by atoms with Gasteiger partial charge in [-0.1, -0.05) is 13.0 Å². The lowest BCUT2D eigenvalue weighted by Crippen LogP contribution is -2.41. The Bertz CT molecular complexity index is 554. The third-order valence-corrected chi connectivity index (χ3v) is 4.10. The van der Waals surface area contributed by atoms with Crippen molar-refractivity contribution in [2.75, 3.05) is 5.32 Å². The van der Waals surface area contributed by atoms with Crippen molar-refractivity contribution in [3.63, 3.8) is 0 Å². The lowest BCUT2D eigenvalue weighted by atomic mass is 9.86. The van der Waals surface area contributed by atoms with E-state index in [9.17, 15) is 14.0 Å². The van der Waals surface area contributed by atoms with Crippen LogP contribution in [0.5, 0.6) is 0 Å². The van der Waals surface area contributed by atoms with Crippen molar-refractivity contribution in [2.24, 2.45) is 5.92 Å². The van der Waals surface area contributed by atoms with E-state index in [0.717, 1.165) is 0 Å². The molecule has 0 aliphatic heterocycles. The van der Waals surface area contributed by atoms with Gasteiger partial charge in [-0.15, -0.1) is 0 Å². The van der Waals surface area contributed by atoms with Crippen LogP contribution in [-0.4, -0.2) is 23.1 Å². The van der Waals surface area contributed by atoms with Gasteiger partial charge >= 0.3 is 12.0 Å². The number of halogens is 1. The average molecular weight is 308 g/mol. The largest absolute Gasteiger partial charge is 0.481 e. The summed E-state index contributed by atoms with van der Waals surface area (Å²) in [6.07, 6.45) is 3.03. The van der Waals surface area contributed by atoms with Gasteiger partial charge in [-0.2, -0.15) is 0 Å². The fourth-order valence-corrected chi connectivity index (χ4v) is 2.75. The molecule has 5 nitrogen and oxygen atoms in total. The molecule has 6 heteroatoms. The molecule has 1 aromatic rings. The van der Waals surface area contributed by atoms with Gasteiger partial charge in [0.05, 0.1) is 5.92 Å². The van der Waals surface area contributed by atoms with E-state index >= 15 is 0 Å². The van der Waals surface area contributed by atoms with Gasteiger partial charge in [0.15, 0.2) is 0 Å². The van der Waals surface area contributed by atoms with Crippen LogP contribution in [0.2, 0.25) is 0 Å². The number of amides is 2. The van der Waals surface area contributed by atoms with Crippen LogP contribution < -0.4 is 10.6 Å². The van der Waals surface area contributed by atoms with Gasteiger partial charge in [-0.25, -0.2) is 9.18 Å². The van der Waals surface area contributed by atoms with E-state index in [-0.39, 0.29) is 23.8 Å². The van der Waals surface area contributed by atoms with Crippen LogP contribution in [0.25, 0.3) is 0 Å². The molecule has 1 saturated carbocycles. The topological polar surface area (TPSA) is 78.4 Å². The highest BCUT2D eigenvalue weighted by molar-refractivity contribution is 5.89. The number of urea groups is 1. The smallest absolute Gasteiger partial charge is 0.319 e. The Morgan fingerprint density at radius 3 is 2.50 bits per heavy atom. The Labute approximate surface area is 128 Å². The number of aryl methyl sites for hydroxylation is 1. The molecule has 0 atom stereocenters. The summed E-state index contributed by atoms with van der Waals surface area (Å²) < 4.78 is 13.7. The van der Waals surface area contributed by atoms with E-state index in [1.807, 2.05) is 6.92 Å². The molecule has 0 bridgehead atoms. The number of anilines is 1. The van der Waals surface area contributed by atoms with Crippen LogP contribution in [0, 0.1) is 11.7 Å². The number of aliphatic carboxylic acids is 1. The first kappa shape index (κ1) is 16.3. The molecule has 1 fully saturated rings. The van der Waals surface area contributed by atoms with E-state index in [0.29, 0.717) is 43.4 Å². The van der Waals surface area contributed by atoms with Crippen LogP contribution in [-0.2, 0) is 11.2 Å². The van der Waals surface area contributed by atoms with Crippen LogP contribution in [0.3, 0.4) is 0 Å². The maximum Gasteiger partial charge on any atom is 0.319 e. The van der Waals surface area contributed by atoms with Crippen LogP contribution >= 0.6 is 0 Å². The first-order valence-electron chi connectivity index (χ1n) is 7.58. The van der Waals surface area contributed by atoms with Crippen LogP contribution in [0.4, 0.5) is 14.9 Å². The molecule has 0 saturated heterocycles. The van der Waals surface area contributed by atoms with Crippen molar-refractivity contribution in [2.45, 2.75) is 45.1 Å². The van der Waals surface area contributed by atoms with Crippen molar-refractivity contribution >= 4 is 17.7 Å². The van der Waals surface area contributed by atoms with E-state index in [2.05, 4.69) is 10.6 Å². The predicted octanol–water partition coefficient (Wildman–Crippen LogP) is 3.15. The van der Waals surface area contributed by atoms with E-state index < -0.39 is 5.97 Å². The van der Waals surface area contributed by atoms with Gasteiger partial charge < -0.3 is 15.7 Å². The number of carboxylic acid groups (broad SMARTS) is 1. The third kappa shape index (κ3) is 4.19. The van der Waals surface area contributed by atoms with Crippen molar-refractivity contribution in [3.05, 3.63) is 29.6 Å². The second-order valence-electron chi connectivity index (χ2n) is 5.64. The zero-order chi connectivity index (χ0) is 16.1. The van der Waals surface area contributed by atoms with Gasteiger partial charge in [0.1, 0.15) is 5.82 Å². The molecule has 0 unspecified atom stereocenters. The number of hydrogen-bond acceptors (Lipinski definition) is 2. The maximum absolute atomic E-state index is 13.7. The number of carbonyl (C=O) groups is 2. The van der Waals surface area contributed by atoms with Crippen LogP contribution in [0.15, 0.2) is 18.2 Å². The van der Waals surface area contributed by atoms with E-state index in [4.69, 9.17) is 5.11 Å². The Kier molecular flexibility index (Phi) is 5.35. The predicted molar refractivity (Wildman–Crippen MR) is 81.3 cm³/mol. The molecule has 0 heterocycles. The SMILES string of the molecule is CCc1ccc(NC(=O)NC2CCC(C(=O)O)CC2)cc1F. The van der Waals surface area contributed by atoms with Gasteiger partial charge in [-0.3, -0.25) is 4.79 Å². The Morgan fingerprint density at radius 2 is 1.95 bits per heavy atom. The minimum atomic E-state index is -0.769. The van der Waals surface area contributed by atoms with Crippen molar-refractivity contribution < 1.29 is 19.1 Å². The van der Waals surface area contributed by atoms with Gasteiger partial charge in [0, 0.05) is 11.7 Å². The highest BCUT2D eigenvalue weighted by atomic mass is 19.1. The summed E-state index contributed by atoms with van der Waals surface area (Å²) in [5.41, 5.74) is 1.02. The Hall–Kier alpha value is -2.11. The number of hydrogen-bond donors (Lipinski definition) is 3. The number of nitrogens with one attached hydrogen (secondary N) is 2. The normalized spacial score (nSPS) is 21.2. The highest BCUT2D eigenvalue weighted by Crippen LogP contribution is 2.24. The lowest BCUT2D eigenvalue weighted by Gasteiger charge is -2.26. The molecular weight excluding hydrogens is 287 g/mol. The van der Waals surface area contributed by atoms with Gasteiger partial charge in [-0.05, 0) is 49.8 Å². The first-order valence-corrected chi connectivity index (χ1v) is 7.58. The van der Waals surface area contributed by atoms with Crippen molar-refractivity contribution in [3.8, 4) is 0 Å². The molecule has 0 aromatic heterocycles. The van der Waals surface area contributed by atoms with Crippen molar-refractivity contribution in [1.29, 1.82) is 0 Å². The molecular formula is C16H21FN2O3. The fourth-order valence-electron chi connectivity index (χ4n) is 2.75. The average Bonchev–Trinajstić information content (AvgIpc) is 2.48. The molecule has 0 radical (unpaired) electrons. The van der Waals surface area contributed by atoms with Crippen molar-refractivity contribution in [1.82, 2.24) is 5.32 Å². The maximum atomic E-state index is 13.7. The highest BCUT2D eigenvalue weighted by Gasteiger charge is 2.26. The summed E-state index contributed by atoms with van der Waals surface area (Å²) in [6, 6.07) is 4.21. The second-order valence-corrected chi connectivity index (χ2v) is 5.64.